The molecule has 1 rings (SSSR count). The minimum atomic E-state index is -3.58. The third-order valence-electron chi connectivity index (χ3n) is 2.66. The predicted octanol–water partition coefficient (Wildman–Crippen LogP) is 3.52. The lowest BCUT2D eigenvalue weighted by Crippen LogP contribution is -2.45. The third-order valence-corrected chi connectivity index (χ3v) is 5.08. The first-order chi connectivity index (χ1) is 8.82. The van der Waals surface area contributed by atoms with Crippen LogP contribution in [0.1, 0.15) is 41.0 Å². The van der Waals surface area contributed by atoms with Crippen LogP contribution in [0.4, 0.5) is 5.69 Å². The number of nitrogen functional groups attached to an aromatic ring is 1. The van der Waals surface area contributed by atoms with E-state index >= 15 is 0 Å². The lowest BCUT2D eigenvalue weighted by atomic mass is 9.82. The van der Waals surface area contributed by atoms with Gasteiger partial charge in [0.1, 0.15) is 0 Å². The van der Waals surface area contributed by atoms with E-state index in [0.29, 0.717) is 10.2 Å². The van der Waals surface area contributed by atoms with Crippen molar-refractivity contribution in [3.05, 3.63) is 22.7 Å². The van der Waals surface area contributed by atoms with Gasteiger partial charge in [-0.25, -0.2) is 13.1 Å². The first-order valence-electron chi connectivity index (χ1n) is 6.41. The molecule has 4 nitrogen and oxygen atoms in total. The van der Waals surface area contributed by atoms with Gasteiger partial charge in [-0.3, -0.25) is 0 Å². The zero-order valence-corrected chi connectivity index (χ0v) is 15.0. The summed E-state index contributed by atoms with van der Waals surface area (Å²) in [6.45, 7) is 10.0. The molecule has 0 amide bonds. The van der Waals surface area contributed by atoms with Gasteiger partial charge in [0.2, 0.25) is 10.0 Å². The molecule has 0 atom stereocenters. The summed E-state index contributed by atoms with van der Waals surface area (Å²) in [4.78, 5) is 0.181. The number of sulfonamides is 1. The highest BCUT2D eigenvalue weighted by Crippen LogP contribution is 2.29. The topological polar surface area (TPSA) is 72.2 Å². The van der Waals surface area contributed by atoms with Gasteiger partial charge in [0, 0.05) is 15.7 Å². The second-order valence-electron chi connectivity index (χ2n) is 6.91. The van der Waals surface area contributed by atoms with Gasteiger partial charge in [0.05, 0.1) is 4.90 Å². The van der Waals surface area contributed by atoms with Crippen LogP contribution in [0.3, 0.4) is 0 Å². The number of hydrogen-bond acceptors (Lipinski definition) is 3. The molecule has 0 radical (unpaired) electrons. The number of rotatable bonds is 4. The van der Waals surface area contributed by atoms with Gasteiger partial charge in [0.15, 0.2) is 0 Å². The van der Waals surface area contributed by atoms with Crippen LogP contribution >= 0.6 is 15.9 Å². The highest BCUT2D eigenvalue weighted by molar-refractivity contribution is 9.10. The van der Waals surface area contributed by atoms with E-state index in [-0.39, 0.29) is 10.3 Å². The van der Waals surface area contributed by atoms with Crippen LogP contribution in [0.25, 0.3) is 0 Å². The molecule has 20 heavy (non-hydrogen) atoms. The van der Waals surface area contributed by atoms with E-state index in [2.05, 4.69) is 41.4 Å². The number of halogens is 1. The van der Waals surface area contributed by atoms with Crippen molar-refractivity contribution in [3.8, 4) is 0 Å². The summed E-state index contributed by atoms with van der Waals surface area (Å²) >= 11 is 3.26. The maximum absolute atomic E-state index is 12.4. The summed E-state index contributed by atoms with van der Waals surface area (Å²) in [5.74, 6) is 0. The molecule has 0 aliphatic heterocycles. The Morgan fingerprint density at radius 1 is 1.20 bits per heavy atom. The lowest BCUT2D eigenvalue weighted by molar-refractivity contribution is 0.269. The number of nitrogens with one attached hydrogen (secondary N) is 1. The SMILES string of the molecule is CC(C)(C)CC(C)(C)NS(=O)(=O)c1ccc(Br)c(N)c1. The van der Waals surface area contributed by atoms with Gasteiger partial charge >= 0.3 is 0 Å². The summed E-state index contributed by atoms with van der Waals surface area (Å²) in [6, 6.07) is 4.64. The van der Waals surface area contributed by atoms with Crippen molar-refractivity contribution in [3.63, 3.8) is 0 Å². The maximum Gasteiger partial charge on any atom is 0.241 e. The smallest absolute Gasteiger partial charge is 0.241 e. The van der Waals surface area contributed by atoms with E-state index in [0.717, 1.165) is 6.42 Å². The van der Waals surface area contributed by atoms with Crippen molar-refractivity contribution < 1.29 is 8.42 Å². The molecule has 0 heterocycles. The predicted molar refractivity (Wildman–Crippen MR) is 87.0 cm³/mol. The highest BCUT2D eigenvalue weighted by atomic mass is 79.9. The Morgan fingerprint density at radius 2 is 1.75 bits per heavy atom. The quantitative estimate of drug-likeness (QED) is 0.804. The molecule has 0 unspecified atom stereocenters. The van der Waals surface area contributed by atoms with Crippen molar-refractivity contribution in [2.24, 2.45) is 5.41 Å². The molecule has 0 saturated heterocycles. The normalized spacial score (nSPS) is 13.5. The summed E-state index contributed by atoms with van der Waals surface area (Å²) < 4.78 is 28.3. The molecular weight excluding hydrogens is 340 g/mol. The first kappa shape index (κ1) is 17.5. The molecule has 0 aliphatic carbocycles. The highest BCUT2D eigenvalue weighted by Gasteiger charge is 2.30. The lowest BCUT2D eigenvalue weighted by Gasteiger charge is -2.33. The summed E-state index contributed by atoms with van der Waals surface area (Å²) in [7, 11) is -3.58. The number of anilines is 1. The van der Waals surface area contributed by atoms with Crippen LogP contribution in [0.15, 0.2) is 27.6 Å². The molecule has 6 heteroatoms. The fourth-order valence-electron chi connectivity index (χ4n) is 2.47. The number of benzene rings is 1. The van der Waals surface area contributed by atoms with Crippen LogP contribution in [-0.4, -0.2) is 14.0 Å². The Balaban J connectivity index is 3.03. The van der Waals surface area contributed by atoms with Crippen molar-refractivity contribution in [1.29, 1.82) is 0 Å². The van der Waals surface area contributed by atoms with Crippen molar-refractivity contribution >= 4 is 31.6 Å². The van der Waals surface area contributed by atoms with Crippen LogP contribution in [0.5, 0.6) is 0 Å². The molecule has 0 aromatic heterocycles. The van der Waals surface area contributed by atoms with Crippen molar-refractivity contribution in [2.45, 2.75) is 51.5 Å². The first-order valence-corrected chi connectivity index (χ1v) is 8.69. The minimum absolute atomic E-state index is 0.0325. The molecule has 114 valence electrons. The van der Waals surface area contributed by atoms with Gasteiger partial charge in [-0.05, 0) is 59.8 Å². The van der Waals surface area contributed by atoms with E-state index in [4.69, 9.17) is 5.73 Å². The standard InChI is InChI=1S/C14H23BrN2O2S/c1-13(2,3)9-14(4,5)17-20(18,19)10-6-7-11(15)12(16)8-10/h6-8,17H,9,16H2,1-5H3. The molecule has 3 N–H and O–H groups in total. The Labute approximate surface area is 130 Å². The summed E-state index contributed by atoms with van der Waals surface area (Å²) in [5.41, 5.74) is 5.65. The Kier molecular flexibility index (Phi) is 4.94. The van der Waals surface area contributed by atoms with E-state index in [1.165, 1.54) is 12.1 Å². The van der Waals surface area contributed by atoms with E-state index in [1.54, 1.807) is 6.07 Å². The van der Waals surface area contributed by atoms with E-state index in [1.807, 2.05) is 13.8 Å². The van der Waals surface area contributed by atoms with Crippen LogP contribution in [0.2, 0.25) is 0 Å². The molecule has 1 aromatic carbocycles. The largest absolute Gasteiger partial charge is 0.398 e. The molecule has 0 fully saturated rings. The number of nitrogens with two attached hydrogens (primary N) is 1. The van der Waals surface area contributed by atoms with Crippen molar-refractivity contribution in [2.75, 3.05) is 5.73 Å². The number of hydrogen-bond donors (Lipinski definition) is 2. The molecule has 0 spiro atoms. The van der Waals surface area contributed by atoms with Crippen LogP contribution < -0.4 is 10.5 Å². The van der Waals surface area contributed by atoms with Gasteiger partial charge < -0.3 is 5.73 Å². The molecule has 0 bridgehead atoms. The average Bonchev–Trinajstić information content (AvgIpc) is 2.16. The molecule has 0 saturated carbocycles. The summed E-state index contributed by atoms with van der Waals surface area (Å²) in [6.07, 6.45) is 0.727. The second kappa shape index (κ2) is 5.66. The van der Waals surface area contributed by atoms with Gasteiger partial charge in [-0.15, -0.1) is 0 Å². The van der Waals surface area contributed by atoms with E-state index in [9.17, 15) is 8.42 Å². The van der Waals surface area contributed by atoms with Gasteiger partial charge in [-0.1, -0.05) is 20.8 Å². The Bertz CT molecular complexity index is 590. The zero-order chi connectivity index (χ0) is 15.8. The average molecular weight is 363 g/mol. The fraction of sp³-hybridized carbons (Fsp3) is 0.571. The Hall–Kier alpha value is -0.590. The second-order valence-corrected chi connectivity index (χ2v) is 9.45. The maximum atomic E-state index is 12.4. The van der Waals surface area contributed by atoms with Crippen LogP contribution in [0, 0.1) is 5.41 Å². The minimum Gasteiger partial charge on any atom is -0.398 e. The summed E-state index contributed by atoms with van der Waals surface area (Å²) in [5, 5.41) is 0. The zero-order valence-electron chi connectivity index (χ0n) is 12.6. The molecule has 1 aromatic rings. The van der Waals surface area contributed by atoms with Crippen LogP contribution in [-0.2, 0) is 10.0 Å². The molecular formula is C14H23BrN2O2S. The molecule has 0 aliphatic rings. The monoisotopic (exact) mass is 362 g/mol. The van der Waals surface area contributed by atoms with E-state index < -0.39 is 15.6 Å². The fourth-order valence-corrected chi connectivity index (χ4v) is 4.17. The Morgan fingerprint density at radius 3 is 2.20 bits per heavy atom. The van der Waals surface area contributed by atoms with Crippen molar-refractivity contribution in [1.82, 2.24) is 4.72 Å². The third kappa shape index (κ3) is 5.07. The van der Waals surface area contributed by atoms with Gasteiger partial charge in [0.25, 0.3) is 0 Å². The van der Waals surface area contributed by atoms with Gasteiger partial charge in [-0.2, -0.15) is 0 Å².